The molecule has 1 amide bonds. The monoisotopic (exact) mass is 395 g/mol. The molecule has 0 saturated carbocycles. The SMILES string of the molecule is O=C(COC(=O)c1cc(S(=O)(=O)N2CCCC2)c[nH]1)Nc1cccc(F)c1. The number of halogens is 1. The molecule has 2 aromatic rings. The van der Waals surface area contributed by atoms with Crippen molar-refractivity contribution in [3.05, 3.63) is 48.0 Å². The number of nitrogens with zero attached hydrogens (tertiary/aromatic N) is 1. The average Bonchev–Trinajstić information content (AvgIpc) is 3.31. The summed E-state index contributed by atoms with van der Waals surface area (Å²) >= 11 is 0. The van der Waals surface area contributed by atoms with E-state index in [0.29, 0.717) is 13.1 Å². The maximum Gasteiger partial charge on any atom is 0.355 e. The van der Waals surface area contributed by atoms with Gasteiger partial charge in [0.1, 0.15) is 16.4 Å². The summed E-state index contributed by atoms with van der Waals surface area (Å²) in [5, 5.41) is 2.39. The van der Waals surface area contributed by atoms with Crippen LogP contribution in [0, 0.1) is 5.82 Å². The number of H-pyrrole nitrogens is 1. The highest BCUT2D eigenvalue weighted by atomic mass is 32.2. The minimum Gasteiger partial charge on any atom is -0.451 e. The molecule has 27 heavy (non-hydrogen) atoms. The minimum absolute atomic E-state index is 0.0273. The van der Waals surface area contributed by atoms with Crippen LogP contribution < -0.4 is 5.32 Å². The van der Waals surface area contributed by atoms with E-state index in [1.165, 1.54) is 34.8 Å². The van der Waals surface area contributed by atoms with Crippen LogP contribution in [0.5, 0.6) is 0 Å². The van der Waals surface area contributed by atoms with Crippen molar-refractivity contribution in [2.75, 3.05) is 25.0 Å². The van der Waals surface area contributed by atoms with E-state index >= 15 is 0 Å². The van der Waals surface area contributed by atoms with Gasteiger partial charge in [0, 0.05) is 25.0 Å². The molecular weight excluding hydrogens is 377 g/mol. The van der Waals surface area contributed by atoms with Crippen LogP contribution in [0.15, 0.2) is 41.4 Å². The van der Waals surface area contributed by atoms with Crippen LogP contribution in [0.1, 0.15) is 23.3 Å². The summed E-state index contributed by atoms with van der Waals surface area (Å²) < 4.78 is 44.1. The third kappa shape index (κ3) is 4.52. The predicted octanol–water partition coefficient (Wildman–Crippen LogP) is 1.73. The van der Waals surface area contributed by atoms with Gasteiger partial charge in [0.05, 0.1) is 0 Å². The number of anilines is 1. The van der Waals surface area contributed by atoms with Crippen molar-refractivity contribution in [1.29, 1.82) is 0 Å². The Bertz CT molecular complexity index is 951. The first-order valence-corrected chi connectivity index (χ1v) is 9.71. The molecule has 1 aliphatic heterocycles. The fourth-order valence-electron chi connectivity index (χ4n) is 2.69. The van der Waals surface area contributed by atoms with Gasteiger partial charge in [-0.25, -0.2) is 17.6 Å². The first-order chi connectivity index (χ1) is 12.9. The van der Waals surface area contributed by atoms with Crippen LogP contribution in [0.25, 0.3) is 0 Å². The molecule has 2 N–H and O–H groups in total. The van der Waals surface area contributed by atoms with Gasteiger partial charge >= 0.3 is 5.97 Å². The number of rotatable bonds is 6. The highest BCUT2D eigenvalue weighted by Crippen LogP contribution is 2.21. The van der Waals surface area contributed by atoms with E-state index in [9.17, 15) is 22.4 Å². The van der Waals surface area contributed by atoms with Crippen LogP contribution in [-0.2, 0) is 19.6 Å². The van der Waals surface area contributed by atoms with Gasteiger partial charge in [-0.3, -0.25) is 4.79 Å². The summed E-state index contributed by atoms with van der Waals surface area (Å²) in [7, 11) is -3.65. The third-order valence-corrected chi connectivity index (χ3v) is 5.90. The second-order valence-electron chi connectivity index (χ2n) is 5.99. The Morgan fingerprint density at radius 1 is 1.22 bits per heavy atom. The number of ether oxygens (including phenoxy) is 1. The number of esters is 1. The molecule has 0 unspecified atom stereocenters. The fraction of sp³-hybridized carbons (Fsp3) is 0.294. The summed E-state index contributed by atoms with van der Waals surface area (Å²) in [6.07, 6.45) is 2.83. The normalized spacial score (nSPS) is 14.9. The Hall–Kier alpha value is -2.72. The van der Waals surface area contributed by atoms with E-state index in [1.54, 1.807) is 0 Å². The average molecular weight is 395 g/mol. The zero-order chi connectivity index (χ0) is 19.4. The molecule has 10 heteroatoms. The number of hydrogen-bond donors (Lipinski definition) is 2. The Morgan fingerprint density at radius 3 is 2.67 bits per heavy atom. The van der Waals surface area contributed by atoms with Crippen LogP contribution in [0.2, 0.25) is 0 Å². The maximum absolute atomic E-state index is 13.1. The molecule has 0 aliphatic carbocycles. The smallest absolute Gasteiger partial charge is 0.355 e. The summed E-state index contributed by atoms with van der Waals surface area (Å²) in [6.45, 7) is 0.309. The van der Waals surface area contributed by atoms with Crippen LogP contribution >= 0.6 is 0 Å². The van der Waals surface area contributed by atoms with Crippen molar-refractivity contribution in [3.8, 4) is 0 Å². The standard InChI is InChI=1S/C17H18FN3O5S/c18-12-4-3-5-13(8-12)20-16(22)11-26-17(23)15-9-14(10-19-15)27(24,25)21-6-1-2-7-21/h3-5,8-10,19H,1-2,6-7,11H2,(H,20,22). The number of benzene rings is 1. The third-order valence-electron chi connectivity index (χ3n) is 4.02. The van der Waals surface area contributed by atoms with E-state index in [-0.39, 0.29) is 16.3 Å². The van der Waals surface area contributed by atoms with Gasteiger partial charge in [-0.2, -0.15) is 4.31 Å². The topological polar surface area (TPSA) is 109 Å². The van der Waals surface area contributed by atoms with Gasteiger partial charge in [0.15, 0.2) is 6.61 Å². The number of hydrogen-bond acceptors (Lipinski definition) is 5. The van der Waals surface area contributed by atoms with E-state index < -0.39 is 34.3 Å². The number of nitrogens with one attached hydrogen (secondary N) is 2. The number of sulfonamides is 1. The van der Waals surface area contributed by atoms with Crippen molar-refractivity contribution < 1.29 is 27.1 Å². The van der Waals surface area contributed by atoms with E-state index in [0.717, 1.165) is 18.9 Å². The summed E-state index contributed by atoms with van der Waals surface area (Å²) in [4.78, 5) is 26.3. The largest absolute Gasteiger partial charge is 0.451 e. The number of aromatic nitrogens is 1. The number of aromatic amines is 1. The van der Waals surface area contributed by atoms with Crippen LogP contribution in [0.4, 0.5) is 10.1 Å². The molecule has 8 nitrogen and oxygen atoms in total. The molecule has 0 atom stereocenters. The lowest BCUT2D eigenvalue weighted by molar-refractivity contribution is -0.119. The second-order valence-corrected chi connectivity index (χ2v) is 7.93. The lowest BCUT2D eigenvalue weighted by Crippen LogP contribution is -2.27. The molecular formula is C17H18FN3O5S. The van der Waals surface area contributed by atoms with Gasteiger partial charge in [-0.05, 0) is 37.1 Å². The highest BCUT2D eigenvalue weighted by Gasteiger charge is 2.28. The van der Waals surface area contributed by atoms with Crippen molar-refractivity contribution in [2.24, 2.45) is 0 Å². The number of carbonyl (C=O) groups excluding carboxylic acids is 2. The first-order valence-electron chi connectivity index (χ1n) is 8.27. The van der Waals surface area contributed by atoms with Crippen molar-refractivity contribution in [1.82, 2.24) is 9.29 Å². The summed E-state index contributed by atoms with van der Waals surface area (Å²) in [5.74, 6) is -2.03. The van der Waals surface area contributed by atoms with E-state index in [4.69, 9.17) is 4.74 Å². The Kier molecular flexibility index (Phi) is 5.57. The van der Waals surface area contributed by atoms with Crippen LogP contribution in [-0.4, -0.2) is 49.3 Å². The highest BCUT2D eigenvalue weighted by molar-refractivity contribution is 7.89. The van der Waals surface area contributed by atoms with Gasteiger partial charge in [0.2, 0.25) is 10.0 Å². The second kappa shape index (κ2) is 7.89. The summed E-state index contributed by atoms with van der Waals surface area (Å²) in [6, 6.07) is 6.46. The van der Waals surface area contributed by atoms with Crippen molar-refractivity contribution in [2.45, 2.75) is 17.7 Å². The molecule has 0 spiro atoms. The fourth-order valence-corrected chi connectivity index (χ4v) is 4.20. The van der Waals surface area contributed by atoms with Crippen molar-refractivity contribution in [3.63, 3.8) is 0 Å². The van der Waals surface area contributed by atoms with E-state index in [2.05, 4.69) is 10.3 Å². The molecule has 0 bridgehead atoms. The molecule has 0 radical (unpaired) electrons. The van der Waals surface area contributed by atoms with E-state index in [1.807, 2.05) is 0 Å². The van der Waals surface area contributed by atoms with Gasteiger partial charge in [0.25, 0.3) is 5.91 Å². The molecule has 3 rings (SSSR count). The van der Waals surface area contributed by atoms with Crippen LogP contribution in [0.3, 0.4) is 0 Å². The Morgan fingerprint density at radius 2 is 1.96 bits per heavy atom. The quantitative estimate of drug-likeness (QED) is 0.724. The molecule has 144 valence electrons. The van der Waals surface area contributed by atoms with Gasteiger partial charge in [-0.1, -0.05) is 6.07 Å². The number of amides is 1. The molecule has 2 heterocycles. The molecule has 1 saturated heterocycles. The molecule has 1 aliphatic rings. The molecule has 1 fully saturated rings. The first kappa shape index (κ1) is 19.1. The van der Waals surface area contributed by atoms with Crippen molar-refractivity contribution >= 4 is 27.6 Å². The summed E-state index contributed by atoms with van der Waals surface area (Å²) in [5.41, 5.74) is 0.154. The Balaban J connectivity index is 1.57. The van der Waals surface area contributed by atoms with Gasteiger partial charge < -0.3 is 15.0 Å². The molecule has 1 aromatic carbocycles. The molecule has 1 aromatic heterocycles. The number of carbonyl (C=O) groups is 2. The zero-order valence-electron chi connectivity index (χ0n) is 14.3. The predicted molar refractivity (Wildman–Crippen MR) is 94.1 cm³/mol. The minimum atomic E-state index is -3.65. The Labute approximate surface area is 155 Å². The lowest BCUT2D eigenvalue weighted by Gasteiger charge is -2.13. The van der Waals surface area contributed by atoms with Gasteiger partial charge in [-0.15, -0.1) is 0 Å². The zero-order valence-corrected chi connectivity index (χ0v) is 15.1. The lowest BCUT2D eigenvalue weighted by atomic mass is 10.3. The maximum atomic E-state index is 13.1.